The molecule has 6 heteroatoms. The van der Waals surface area contributed by atoms with Crippen LogP contribution in [0.15, 0.2) is 22.7 Å². The van der Waals surface area contributed by atoms with Gasteiger partial charge < -0.3 is 5.73 Å². The number of nitrogens with two attached hydrogens (primary N) is 1. The first-order chi connectivity index (χ1) is 6.44. The van der Waals surface area contributed by atoms with Crippen molar-refractivity contribution in [3.8, 4) is 0 Å². The molecule has 3 N–H and O–H groups in total. The van der Waals surface area contributed by atoms with Crippen molar-refractivity contribution < 1.29 is 8.42 Å². The molecule has 1 aromatic carbocycles. The summed E-state index contributed by atoms with van der Waals surface area (Å²) in [6, 6.07) is 4.99. The highest BCUT2D eigenvalue weighted by molar-refractivity contribution is 9.10. The van der Waals surface area contributed by atoms with Gasteiger partial charge in [-0.15, -0.1) is 0 Å². The van der Waals surface area contributed by atoms with Gasteiger partial charge in [-0.2, -0.15) is 0 Å². The predicted molar refractivity (Wildman–Crippen MR) is 61.6 cm³/mol. The number of hydrogen-bond acceptors (Lipinski definition) is 3. The maximum atomic E-state index is 11.2. The van der Waals surface area contributed by atoms with E-state index in [1.807, 2.05) is 0 Å². The summed E-state index contributed by atoms with van der Waals surface area (Å²) in [4.78, 5) is 0. The molecule has 0 saturated carbocycles. The van der Waals surface area contributed by atoms with Crippen LogP contribution in [-0.2, 0) is 10.0 Å². The van der Waals surface area contributed by atoms with Crippen LogP contribution in [0.4, 0.5) is 11.4 Å². The van der Waals surface area contributed by atoms with Gasteiger partial charge in [0.1, 0.15) is 0 Å². The average molecular weight is 279 g/mol. The normalized spacial score (nSPS) is 11.3. The van der Waals surface area contributed by atoms with Gasteiger partial charge in [0.15, 0.2) is 0 Å². The molecule has 0 aliphatic heterocycles. The minimum absolute atomic E-state index is 0.0303. The van der Waals surface area contributed by atoms with E-state index in [9.17, 15) is 8.42 Å². The van der Waals surface area contributed by atoms with E-state index in [1.165, 1.54) is 0 Å². The summed E-state index contributed by atoms with van der Waals surface area (Å²) in [6.07, 6.45) is 0. The fourth-order valence-electron chi connectivity index (χ4n) is 0.866. The highest BCUT2D eigenvalue weighted by Crippen LogP contribution is 2.23. The molecule has 78 valence electrons. The molecule has 0 heterocycles. The third-order valence-electron chi connectivity index (χ3n) is 1.66. The summed E-state index contributed by atoms with van der Waals surface area (Å²) < 4.78 is 25.7. The number of sulfonamides is 1. The third-order valence-corrected chi connectivity index (χ3v) is 3.44. The molecule has 0 saturated heterocycles. The molecule has 0 bridgehead atoms. The zero-order chi connectivity index (χ0) is 10.8. The van der Waals surface area contributed by atoms with Crippen LogP contribution in [-0.4, -0.2) is 14.2 Å². The molecule has 0 spiro atoms. The van der Waals surface area contributed by atoms with Crippen molar-refractivity contribution in [2.45, 2.75) is 6.92 Å². The van der Waals surface area contributed by atoms with Crippen molar-refractivity contribution in [3.05, 3.63) is 22.7 Å². The number of hydrogen-bond donors (Lipinski definition) is 2. The van der Waals surface area contributed by atoms with Gasteiger partial charge in [-0.3, -0.25) is 4.72 Å². The average Bonchev–Trinajstić information content (AvgIpc) is 2.10. The number of benzene rings is 1. The first-order valence-corrected chi connectivity index (χ1v) is 6.44. The molecule has 1 rings (SSSR count). The molecule has 1 aromatic rings. The van der Waals surface area contributed by atoms with Crippen LogP contribution in [0.3, 0.4) is 0 Å². The number of rotatable bonds is 3. The largest absolute Gasteiger partial charge is 0.397 e. The molecule has 0 aromatic heterocycles. The quantitative estimate of drug-likeness (QED) is 0.828. The number of nitrogens with one attached hydrogen (secondary N) is 1. The van der Waals surface area contributed by atoms with Crippen LogP contribution in [0.25, 0.3) is 0 Å². The monoisotopic (exact) mass is 278 g/mol. The molecule has 0 unspecified atom stereocenters. The second-order valence-corrected chi connectivity index (χ2v) is 5.66. The molecule has 4 nitrogen and oxygen atoms in total. The second kappa shape index (κ2) is 4.18. The van der Waals surface area contributed by atoms with Gasteiger partial charge in [0, 0.05) is 4.47 Å². The van der Waals surface area contributed by atoms with Crippen molar-refractivity contribution in [2.75, 3.05) is 16.2 Å². The maximum absolute atomic E-state index is 11.2. The van der Waals surface area contributed by atoms with E-state index in [0.29, 0.717) is 11.4 Å². The van der Waals surface area contributed by atoms with Crippen molar-refractivity contribution in [3.63, 3.8) is 0 Å². The molecule has 0 aliphatic carbocycles. The molecule has 0 amide bonds. The summed E-state index contributed by atoms with van der Waals surface area (Å²) in [5.41, 5.74) is 6.44. The van der Waals surface area contributed by atoms with E-state index in [1.54, 1.807) is 25.1 Å². The molecular weight excluding hydrogens is 268 g/mol. The van der Waals surface area contributed by atoms with Crippen molar-refractivity contribution in [1.29, 1.82) is 0 Å². The van der Waals surface area contributed by atoms with Gasteiger partial charge in [-0.25, -0.2) is 8.42 Å². The minimum Gasteiger partial charge on any atom is -0.397 e. The van der Waals surface area contributed by atoms with Crippen LogP contribution in [0, 0.1) is 0 Å². The third kappa shape index (κ3) is 2.88. The van der Waals surface area contributed by atoms with E-state index in [4.69, 9.17) is 5.73 Å². The van der Waals surface area contributed by atoms with Gasteiger partial charge in [-0.1, -0.05) is 15.9 Å². The molecule has 0 radical (unpaired) electrons. The van der Waals surface area contributed by atoms with Gasteiger partial charge >= 0.3 is 0 Å². The summed E-state index contributed by atoms with van der Waals surface area (Å²) in [6.45, 7) is 1.57. The number of nitrogen functional groups attached to an aromatic ring is 1. The lowest BCUT2D eigenvalue weighted by Gasteiger charge is -2.08. The fraction of sp³-hybridized carbons (Fsp3) is 0.250. The Kier molecular flexibility index (Phi) is 3.38. The van der Waals surface area contributed by atoms with E-state index >= 15 is 0 Å². The topological polar surface area (TPSA) is 72.2 Å². The first kappa shape index (κ1) is 11.3. The Hall–Kier alpha value is -0.750. The van der Waals surface area contributed by atoms with Crippen LogP contribution in [0.5, 0.6) is 0 Å². The molecular formula is C8H11BrN2O2S. The fourth-order valence-corrected chi connectivity index (χ4v) is 1.91. The van der Waals surface area contributed by atoms with Crippen molar-refractivity contribution in [1.82, 2.24) is 0 Å². The minimum atomic E-state index is -3.25. The predicted octanol–water partition coefficient (Wildman–Crippen LogP) is 1.79. The molecule has 0 aliphatic rings. The Morgan fingerprint density at radius 1 is 1.50 bits per heavy atom. The van der Waals surface area contributed by atoms with E-state index < -0.39 is 10.0 Å². The molecule has 0 atom stereocenters. The smallest absolute Gasteiger partial charge is 0.232 e. The standard InChI is InChI=1S/C8H11BrN2O2S/c1-2-14(12,13)11-8-4-3-6(9)5-7(8)10/h3-5,11H,2,10H2,1H3. The zero-order valence-corrected chi connectivity index (χ0v) is 10.0. The second-order valence-electron chi connectivity index (χ2n) is 2.74. The zero-order valence-electron chi connectivity index (χ0n) is 7.62. The Labute approximate surface area is 91.7 Å². The molecule has 0 fully saturated rings. The summed E-state index contributed by atoms with van der Waals surface area (Å²) in [5, 5.41) is 0. The van der Waals surface area contributed by atoms with Gasteiger partial charge in [0.2, 0.25) is 10.0 Å². The van der Waals surface area contributed by atoms with Crippen LogP contribution in [0.2, 0.25) is 0 Å². The van der Waals surface area contributed by atoms with Gasteiger partial charge in [0.05, 0.1) is 17.1 Å². The lowest BCUT2D eigenvalue weighted by Crippen LogP contribution is -2.15. The summed E-state index contributed by atoms with van der Waals surface area (Å²) in [7, 11) is -3.25. The number of halogens is 1. The SMILES string of the molecule is CCS(=O)(=O)Nc1ccc(Br)cc1N. The van der Waals surface area contributed by atoms with Crippen LogP contribution in [0.1, 0.15) is 6.92 Å². The Balaban J connectivity index is 2.99. The van der Waals surface area contributed by atoms with Crippen molar-refractivity contribution >= 4 is 37.3 Å². The van der Waals surface area contributed by atoms with E-state index in [-0.39, 0.29) is 5.75 Å². The van der Waals surface area contributed by atoms with Crippen LogP contribution >= 0.6 is 15.9 Å². The number of anilines is 2. The lowest BCUT2D eigenvalue weighted by molar-refractivity contribution is 0.602. The van der Waals surface area contributed by atoms with Crippen LogP contribution < -0.4 is 10.5 Å². The van der Waals surface area contributed by atoms with E-state index in [2.05, 4.69) is 20.7 Å². The Bertz CT molecular complexity index is 431. The Morgan fingerprint density at radius 2 is 2.14 bits per heavy atom. The summed E-state index contributed by atoms with van der Waals surface area (Å²) in [5.74, 6) is 0.0303. The summed E-state index contributed by atoms with van der Waals surface area (Å²) >= 11 is 3.24. The highest BCUT2D eigenvalue weighted by atomic mass is 79.9. The highest BCUT2D eigenvalue weighted by Gasteiger charge is 2.08. The molecule has 14 heavy (non-hydrogen) atoms. The van der Waals surface area contributed by atoms with E-state index in [0.717, 1.165) is 4.47 Å². The van der Waals surface area contributed by atoms with Crippen molar-refractivity contribution in [2.24, 2.45) is 0 Å². The maximum Gasteiger partial charge on any atom is 0.232 e. The Morgan fingerprint density at radius 3 is 2.64 bits per heavy atom. The van der Waals surface area contributed by atoms with Gasteiger partial charge in [-0.05, 0) is 25.1 Å². The first-order valence-electron chi connectivity index (χ1n) is 4.00. The van der Waals surface area contributed by atoms with Gasteiger partial charge in [0.25, 0.3) is 0 Å². The lowest BCUT2D eigenvalue weighted by atomic mass is 10.3.